The minimum atomic E-state index is 0.396. The molecule has 5 rings (SSSR count). The zero-order valence-electron chi connectivity index (χ0n) is 16.3. The SMILES string of the molecule is CCN1CCC[C@@H](Nc2nnc(-c3ccc4cc[nH]c4c3)c3c2cnn3C)C1. The summed E-state index contributed by atoms with van der Waals surface area (Å²) < 4.78 is 1.89. The Morgan fingerprint density at radius 2 is 2.18 bits per heavy atom. The molecule has 0 aliphatic carbocycles. The molecule has 0 spiro atoms. The number of benzene rings is 1. The molecule has 0 saturated carbocycles. The van der Waals surface area contributed by atoms with E-state index in [2.05, 4.69) is 61.7 Å². The maximum atomic E-state index is 4.61. The van der Waals surface area contributed by atoms with Crippen LogP contribution in [0.25, 0.3) is 33.1 Å². The highest BCUT2D eigenvalue weighted by molar-refractivity contribution is 5.99. The van der Waals surface area contributed by atoms with Crippen molar-refractivity contribution in [2.75, 3.05) is 25.0 Å². The van der Waals surface area contributed by atoms with E-state index in [1.54, 1.807) is 0 Å². The minimum absolute atomic E-state index is 0.396. The molecule has 4 heterocycles. The van der Waals surface area contributed by atoms with Gasteiger partial charge in [-0.25, -0.2) is 0 Å². The number of rotatable bonds is 4. The summed E-state index contributed by atoms with van der Waals surface area (Å²) in [6.07, 6.45) is 6.22. The third-order valence-electron chi connectivity index (χ3n) is 5.79. The Morgan fingerprint density at radius 1 is 1.25 bits per heavy atom. The molecule has 1 saturated heterocycles. The average Bonchev–Trinajstić information content (AvgIpc) is 3.35. The highest BCUT2D eigenvalue weighted by Gasteiger charge is 2.22. The molecule has 0 bridgehead atoms. The molecule has 7 nitrogen and oxygen atoms in total. The number of aromatic nitrogens is 5. The number of anilines is 1. The minimum Gasteiger partial charge on any atom is -0.364 e. The van der Waals surface area contributed by atoms with Crippen molar-refractivity contribution >= 4 is 27.6 Å². The van der Waals surface area contributed by atoms with E-state index in [4.69, 9.17) is 0 Å². The molecule has 28 heavy (non-hydrogen) atoms. The first-order valence-electron chi connectivity index (χ1n) is 9.97. The molecule has 4 aromatic rings. The number of hydrogen-bond donors (Lipinski definition) is 2. The average molecular weight is 375 g/mol. The Labute approximate surface area is 163 Å². The Balaban J connectivity index is 1.54. The lowest BCUT2D eigenvalue weighted by Crippen LogP contribution is -2.42. The van der Waals surface area contributed by atoms with E-state index in [0.29, 0.717) is 6.04 Å². The van der Waals surface area contributed by atoms with E-state index < -0.39 is 0 Å². The maximum absolute atomic E-state index is 4.61. The Bertz CT molecular complexity index is 1130. The van der Waals surface area contributed by atoms with E-state index in [0.717, 1.165) is 53.0 Å². The molecule has 1 fully saturated rings. The van der Waals surface area contributed by atoms with Crippen LogP contribution in [-0.4, -0.2) is 55.5 Å². The predicted octanol–water partition coefficient (Wildman–Crippen LogP) is 3.41. The standard InChI is InChI=1S/C21H25N7/c1-3-28-10-4-5-16(13-28)24-21-17-12-23-27(2)20(17)19(25-26-21)15-7-6-14-8-9-22-18(14)11-15/h6-9,11-12,16,22H,3-5,10,13H2,1-2H3,(H,24,26)/t16-/m1/s1. The van der Waals surface area contributed by atoms with E-state index in [1.165, 1.54) is 18.4 Å². The largest absolute Gasteiger partial charge is 0.364 e. The van der Waals surface area contributed by atoms with Crippen molar-refractivity contribution in [3.63, 3.8) is 0 Å². The number of H-pyrrole nitrogens is 1. The summed E-state index contributed by atoms with van der Waals surface area (Å²) >= 11 is 0. The van der Waals surface area contributed by atoms with Crippen LogP contribution >= 0.6 is 0 Å². The van der Waals surface area contributed by atoms with Gasteiger partial charge in [-0.05, 0) is 43.5 Å². The van der Waals surface area contributed by atoms with Gasteiger partial charge in [0.1, 0.15) is 5.69 Å². The van der Waals surface area contributed by atoms with Crippen LogP contribution < -0.4 is 5.32 Å². The molecule has 3 aromatic heterocycles. The van der Waals surface area contributed by atoms with Gasteiger partial charge in [0, 0.05) is 36.9 Å². The molecule has 144 valence electrons. The number of likely N-dealkylation sites (N-methyl/N-ethyl adjacent to an activating group) is 1. The summed E-state index contributed by atoms with van der Waals surface area (Å²) in [6, 6.07) is 8.80. The maximum Gasteiger partial charge on any atom is 0.160 e. The molecule has 1 aliphatic rings. The lowest BCUT2D eigenvalue weighted by Gasteiger charge is -2.32. The number of hydrogen-bond acceptors (Lipinski definition) is 5. The van der Waals surface area contributed by atoms with Crippen LogP contribution in [0.3, 0.4) is 0 Å². The van der Waals surface area contributed by atoms with Crippen LogP contribution in [-0.2, 0) is 7.05 Å². The van der Waals surface area contributed by atoms with Gasteiger partial charge in [-0.2, -0.15) is 5.10 Å². The predicted molar refractivity (Wildman–Crippen MR) is 112 cm³/mol. The first-order valence-corrected chi connectivity index (χ1v) is 9.97. The quantitative estimate of drug-likeness (QED) is 0.572. The number of aromatic amines is 1. The number of aryl methyl sites for hydroxylation is 1. The summed E-state index contributed by atoms with van der Waals surface area (Å²) in [5, 5.41) is 19.5. The second-order valence-corrected chi connectivity index (χ2v) is 7.58. The highest BCUT2D eigenvalue weighted by Crippen LogP contribution is 2.31. The van der Waals surface area contributed by atoms with Crippen LogP contribution in [0.4, 0.5) is 5.82 Å². The monoisotopic (exact) mass is 375 g/mol. The fourth-order valence-electron chi connectivity index (χ4n) is 4.24. The second-order valence-electron chi connectivity index (χ2n) is 7.58. The van der Waals surface area contributed by atoms with Crippen molar-refractivity contribution in [3.05, 3.63) is 36.7 Å². The molecule has 0 amide bonds. The highest BCUT2D eigenvalue weighted by atomic mass is 15.3. The van der Waals surface area contributed by atoms with E-state index in [9.17, 15) is 0 Å². The zero-order chi connectivity index (χ0) is 19.1. The fraction of sp³-hybridized carbons (Fsp3) is 0.381. The second kappa shape index (κ2) is 6.91. The van der Waals surface area contributed by atoms with Crippen LogP contribution in [0.2, 0.25) is 0 Å². The normalized spacial score (nSPS) is 18.1. The summed E-state index contributed by atoms with van der Waals surface area (Å²) in [6.45, 7) is 5.54. The lowest BCUT2D eigenvalue weighted by molar-refractivity contribution is 0.226. The number of piperidine rings is 1. The molecule has 0 unspecified atom stereocenters. The summed E-state index contributed by atoms with van der Waals surface area (Å²) in [5.41, 5.74) is 4.00. The lowest BCUT2D eigenvalue weighted by atomic mass is 10.1. The molecule has 1 atom stereocenters. The fourth-order valence-corrected chi connectivity index (χ4v) is 4.24. The van der Waals surface area contributed by atoms with Gasteiger partial charge in [0.05, 0.1) is 17.1 Å². The Hall–Kier alpha value is -2.93. The van der Waals surface area contributed by atoms with Gasteiger partial charge in [0.25, 0.3) is 0 Å². The summed E-state index contributed by atoms with van der Waals surface area (Å²) in [5.74, 6) is 0.829. The van der Waals surface area contributed by atoms with E-state index in [1.807, 2.05) is 24.1 Å². The Morgan fingerprint density at radius 3 is 3.07 bits per heavy atom. The van der Waals surface area contributed by atoms with Gasteiger partial charge in [-0.1, -0.05) is 19.1 Å². The van der Waals surface area contributed by atoms with Crippen LogP contribution in [0, 0.1) is 0 Å². The molecular formula is C21H25N7. The van der Waals surface area contributed by atoms with Gasteiger partial charge in [0.2, 0.25) is 0 Å². The van der Waals surface area contributed by atoms with Crippen molar-refractivity contribution in [3.8, 4) is 11.3 Å². The molecule has 1 aliphatic heterocycles. The number of nitrogens with one attached hydrogen (secondary N) is 2. The van der Waals surface area contributed by atoms with E-state index in [-0.39, 0.29) is 0 Å². The smallest absolute Gasteiger partial charge is 0.160 e. The van der Waals surface area contributed by atoms with Crippen molar-refractivity contribution in [2.24, 2.45) is 7.05 Å². The van der Waals surface area contributed by atoms with Crippen molar-refractivity contribution in [2.45, 2.75) is 25.8 Å². The topological polar surface area (TPSA) is 74.7 Å². The number of fused-ring (bicyclic) bond motifs is 2. The zero-order valence-corrected chi connectivity index (χ0v) is 16.3. The molecular weight excluding hydrogens is 350 g/mol. The van der Waals surface area contributed by atoms with Crippen molar-refractivity contribution in [1.82, 2.24) is 29.9 Å². The third-order valence-corrected chi connectivity index (χ3v) is 5.79. The van der Waals surface area contributed by atoms with Gasteiger partial charge in [-0.3, -0.25) is 4.68 Å². The van der Waals surface area contributed by atoms with Gasteiger partial charge < -0.3 is 15.2 Å². The molecule has 7 heteroatoms. The molecule has 0 radical (unpaired) electrons. The molecule has 2 N–H and O–H groups in total. The number of nitrogens with zero attached hydrogens (tertiary/aromatic N) is 5. The first kappa shape index (κ1) is 17.2. The first-order chi connectivity index (χ1) is 13.7. The van der Waals surface area contributed by atoms with Crippen LogP contribution in [0.15, 0.2) is 36.7 Å². The van der Waals surface area contributed by atoms with Crippen LogP contribution in [0.1, 0.15) is 19.8 Å². The Kier molecular flexibility index (Phi) is 4.24. The summed E-state index contributed by atoms with van der Waals surface area (Å²) in [4.78, 5) is 5.75. The van der Waals surface area contributed by atoms with Gasteiger partial charge in [0.15, 0.2) is 5.82 Å². The van der Waals surface area contributed by atoms with Crippen LogP contribution in [0.5, 0.6) is 0 Å². The van der Waals surface area contributed by atoms with E-state index >= 15 is 0 Å². The third kappa shape index (κ3) is 2.92. The van der Waals surface area contributed by atoms with Crippen molar-refractivity contribution in [1.29, 1.82) is 0 Å². The van der Waals surface area contributed by atoms with Crippen molar-refractivity contribution < 1.29 is 0 Å². The molecule has 1 aromatic carbocycles. The summed E-state index contributed by atoms with van der Waals surface area (Å²) in [7, 11) is 1.96. The van der Waals surface area contributed by atoms with Gasteiger partial charge in [-0.15, -0.1) is 10.2 Å². The number of likely N-dealkylation sites (tertiary alicyclic amines) is 1. The van der Waals surface area contributed by atoms with Gasteiger partial charge >= 0.3 is 0 Å².